The van der Waals surface area contributed by atoms with Gasteiger partial charge in [0.05, 0.1) is 0 Å². The van der Waals surface area contributed by atoms with Crippen LogP contribution in [-0.2, 0) is 14.3 Å². The first kappa shape index (κ1) is 14.2. The Morgan fingerprint density at radius 3 is 1.92 bits per heavy atom. The van der Waals surface area contributed by atoms with Crippen LogP contribution in [0.4, 0.5) is 0 Å². The Morgan fingerprint density at radius 2 is 1.69 bits per heavy atom. The lowest BCUT2D eigenvalue weighted by atomic mass is 10.4. The molecule has 0 atom stereocenters. The number of rotatable bonds is 3. The molecule has 0 aromatic carbocycles. The molecule has 74 valence electrons. The number of carbonyl (C=O) groups is 2. The third-order valence-corrected chi connectivity index (χ3v) is 0.681. The largest absolute Gasteiger partial charge is 0.458 e. The maximum Gasteiger partial charge on any atom is 0.333 e. The fourth-order valence-electron chi connectivity index (χ4n) is 0.258. The molecule has 13 heavy (non-hydrogen) atoms. The maximum atomic E-state index is 10.5. The van der Waals surface area contributed by atoms with Gasteiger partial charge in [-0.15, -0.1) is 0 Å². The van der Waals surface area contributed by atoms with E-state index < -0.39 is 0 Å². The molecule has 0 aliphatic carbocycles. The molecule has 0 saturated heterocycles. The summed E-state index contributed by atoms with van der Waals surface area (Å²) < 4.78 is 4.60. The lowest BCUT2D eigenvalue weighted by molar-refractivity contribution is -0.137. The average Bonchev–Trinajstić information content (AvgIpc) is 1.98. The fourth-order valence-corrected chi connectivity index (χ4v) is 0.258. The summed E-state index contributed by atoms with van der Waals surface area (Å²) in [6.07, 6.45) is 1.51. The highest BCUT2D eigenvalue weighted by molar-refractivity contribution is 5.86. The van der Waals surface area contributed by atoms with E-state index in [1.54, 1.807) is 6.92 Å². The van der Waals surface area contributed by atoms with Gasteiger partial charge in [-0.05, 0) is 20.8 Å². The Morgan fingerprint density at radius 1 is 1.31 bits per heavy atom. The number of Topliss-reactive ketones (excluding diaryl/α,β-unsaturated/α-hetero) is 1. The molecule has 0 bridgehead atoms. The predicted octanol–water partition coefficient (Wildman–Crippen LogP) is 1.89. The van der Waals surface area contributed by atoms with E-state index in [9.17, 15) is 9.59 Å². The van der Waals surface area contributed by atoms with E-state index in [-0.39, 0.29) is 18.4 Å². The molecule has 0 unspecified atom stereocenters. The molecule has 0 aromatic heterocycles. The van der Waals surface area contributed by atoms with Crippen LogP contribution in [-0.4, -0.2) is 18.4 Å². The van der Waals surface area contributed by atoms with Gasteiger partial charge in [0, 0.05) is 5.57 Å². The van der Waals surface area contributed by atoms with Gasteiger partial charge in [-0.1, -0.05) is 19.2 Å². The van der Waals surface area contributed by atoms with Crippen molar-refractivity contribution >= 4 is 11.8 Å². The molecule has 0 saturated carbocycles. The molecule has 0 amide bonds. The van der Waals surface area contributed by atoms with Crippen molar-refractivity contribution in [1.82, 2.24) is 0 Å². The van der Waals surface area contributed by atoms with Gasteiger partial charge in [0.1, 0.15) is 12.4 Å². The van der Waals surface area contributed by atoms with Gasteiger partial charge in [0.15, 0.2) is 0 Å². The molecule has 0 N–H and O–H groups in total. The monoisotopic (exact) mass is 184 g/mol. The zero-order chi connectivity index (χ0) is 10.9. The lowest BCUT2D eigenvalue weighted by Gasteiger charge is -1.97. The first-order valence-electron chi connectivity index (χ1n) is 3.82. The predicted molar refractivity (Wildman–Crippen MR) is 52.3 cm³/mol. The Hall–Kier alpha value is -1.38. The van der Waals surface area contributed by atoms with Crippen molar-refractivity contribution in [3.8, 4) is 0 Å². The van der Waals surface area contributed by atoms with Crippen LogP contribution in [0.5, 0.6) is 0 Å². The van der Waals surface area contributed by atoms with Gasteiger partial charge in [-0.25, -0.2) is 4.79 Å². The molecule has 0 aromatic rings. The maximum absolute atomic E-state index is 10.5. The molecular weight excluding hydrogens is 168 g/mol. The highest BCUT2D eigenvalue weighted by atomic mass is 16.5. The molecule has 0 aliphatic rings. The first-order chi connectivity index (χ1) is 5.91. The van der Waals surface area contributed by atoms with Gasteiger partial charge < -0.3 is 9.53 Å². The van der Waals surface area contributed by atoms with Gasteiger partial charge in [-0.3, -0.25) is 0 Å². The third kappa shape index (κ3) is 18.0. The third-order valence-electron chi connectivity index (χ3n) is 0.681. The molecule has 3 heteroatoms. The van der Waals surface area contributed by atoms with Gasteiger partial charge in [0.2, 0.25) is 0 Å². The summed E-state index contributed by atoms with van der Waals surface area (Å²) in [6, 6.07) is 0. The number of hydrogen-bond donors (Lipinski definition) is 0. The van der Waals surface area contributed by atoms with Crippen molar-refractivity contribution in [2.24, 2.45) is 0 Å². The second-order valence-electron chi connectivity index (χ2n) is 2.58. The summed E-state index contributed by atoms with van der Waals surface area (Å²) in [6.45, 7) is 11.7. The van der Waals surface area contributed by atoms with E-state index in [1.165, 1.54) is 19.9 Å². The number of hydrogen-bond acceptors (Lipinski definition) is 3. The molecule has 0 heterocycles. The molecule has 0 spiro atoms. The molecule has 3 nitrogen and oxygen atoms in total. The zero-order valence-electron chi connectivity index (χ0n) is 8.42. The highest BCUT2D eigenvalue weighted by Crippen LogP contribution is 1.90. The number of carbonyl (C=O) groups excluding carboxylic acids is 2. The van der Waals surface area contributed by atoms with Gasteiger partial charge >= 0.3 is 5.97 Å². The van der Waals surface area contributed by atoms with Crippen LogP contribution < -0.4 is 0 Å². The van der Waals surface area contributed by atoms with Gasteiger partial charge in [-0.2, -0.15) is 0 Å². The second kappa shape index (κ2) is 8.71. The van der Waals surface area contributed by atoms with Crippen LogP contribution in [0.25, 0.3) is 0 Å². The SMILES string of the molecule is C=CCOC(=O)C(=C)C.CC(C)=O. The quantitative estimate of drug-likeness (QED) is 0.382. The summed E-state index contributed by atoms with van der Waals surface area (Å²) >= 11 is 0. The van der Waals surface area contributed by atoms with Crippen LogP contribution >= 0.6 is 0 Å². The van der Waals surface area contributed by atoms with Crippen LogP contribution in [0, 0.1) is 0 Å². The first-order valence-corrected chi connectivity index (χ1v) is 3.82. The van der Waals surface area contributed by atoms with Crippen LogP contribution in [0.3, 0.4) is 0 Å². The topological polar surface area (TPSA) is 43.4 Å². The minimum atomic E-state index is -0.366. The van der Waals surface area contributed by atoms with Crippen LogP contribution in [0.2, 0.25) is 0 Å². The van der Waals surface area contributed by atoms with E-state index in [0.717, 1.165) is 0 Å². The Balaban J connectivity index is 0. The van der Waals surface area contributed by atoms with E-state index >= 15 is 0 Å². The van der Waals surface area contributed by atoms with Gasteiger partial charge in [0.25, 0.3) is 0 Å². The zero-order valence-corrected chi connectivity index (χ0v) is 8.42. The van der Waals surface area contributed by atoms with E-state index in [0.29, 0.717) is 5.57 Å². The minimum absolute atomic E-state index is 0.167. The Labute approximate surface area is 79.1 Å². The smallest absolute Gasteiger partial charge is 0.333 e. The molecule has 0 fully saturated rings. The molecule has 0 radical (unpaired) electrons. The highest BCUT2D eigenvalue weighted by Gasteiger charge is 1.98. The van der Waals surface area contributed by atoms with Crippen LogP contribution in [0.1, 0.15) is 20.8 Å². The number of esters is 1. The second-order valence-corrected chi connectivity index (χ2v) is 2.58. The van der Waals surface area contributed by atoms with E-state index in [1.807, 2.05) is 0 Å². The van der Waals surface area contributed by atoms with Crippen molar-refractivity contribution < 1.29 is 14.3 Å². The molecule has 0 rings (SSSR count). The summed E-state index contributed by atoms with van der Waals surface area (Å²) in [5.41, 5.74) is 0.414. The van der Waals surface area contributed by atoms with Crippen molar-refractivity contribution in [2.75, 3.05) is 6.61 Å². The number of ketones is 1. The Bertz CT molecular complexity index is 200. The Kier molecular flexibility index (Phi) is 9.49. The van der Waals surface area contributed by atoms with Crippen molar-refractivity contribution in [2.45, 2.75) is 20.8 Å². The summed E-state index contributed by atoms with van der Waals surface area (Å²) in [5.74, 6) is -0.199. The van der Waals surface area contributed by atoms with E-state index in [2.05, 4.69) is 17.9 Å². The summed E-state index contributed by atoms with van der Waals surface area (Å²) in [5, 5.41) is 0. The minimum Gasteiger partial charge on any atom is -0.458 e. The lowest BCUT2D eigenvalue weighted by Crippen LogP contribution is -2.03. The molecular formula is C10H16O3. The number of ether oxygens (including phenoxy) is 1. The van der Waals surface area contributed by atoms with Crippen molar-refractivity contribution in [3.63, 3.8) is 0 Å². The van der Waals surface area contributed by atoms with Crippen molar-refractivity contribution in [3.05, 3.63) is 24.8 Å². The normalized spacial score (nSPS) is 7.62. The summed E-state index contributed by atoms with van der Waals surface area (Å²) in [7, 11) is 0. The molecule has 0 aliphatic heterocycles. The standard InChI is InChI=1S/C7H10O2.C3H6O/c1-4-5-9-7(8)6(2)3;1-3(2)4/h4H,1-2,5H2,3H3;1-2H3. The average molecular weight is 184 g/mol. The van der Waals surface area contributed by atoms with E-state index in [4.69, 9.17) is 0 Å². The summed E-state index contributed by atoms with van der Waals surface area (Å²) in [4.78, 5) is 20.0. The van der Waals surface area contributed by atoms with Crippen LogP contribution in [0.15, 0.2) is 24.8 Å². The van der Waals surface area contributed by atoms with Crippen molar-refractivity contribution in [1.29, 1.82) is 0 Å². The fraction of sp³-hybridized carbons (Fsp3) is 0.400.